The van der Waals surface area contributed by atoms with Crippen molar-refractivity contribution in [1.82, 2.24) is 9.80 Å². The van der Waals surface area contributed by atoms with Crippen molar-refractivity contribution in [1.29, 1.82) is 0 Å². The minimum Gasteiger partial charge on any atom is -0.394 e. The Bertz CT molecular complexity index is 118. The Morgan fingerprint density at radius 1 is 1.15 bits per heavy atom. The van der Waals surface area contributed by atoms with E-state index in [2.05, 4.69) is 4.90 Å². The SMILES string of the molecule is CN(C)CCOC(CO)CN(C)C. The van der Waals surface area contributed by atoms with Crippen LogP contribution in [0.3, 0.4) is 0 Å². The number of hydrogen-bond acceptors (Lipinski definition) is 4. The molecule has 4 heteroatoms. The highest BCUT2D eigenvalue weighted by atomic mass is 16.5. The molecule has 0 spiro atoms. The molecule has 0 aromatic rings. The fourth-order valence-corrected chi connectivity index (χ4v) is 0.972. The highest BCUT2D eigenvalue weighted by Gasteiger charge is 2.08. The molecule has 1 atom stereocenters. The first-order valence-corrected chi connectivity index (χ1v) is 4.58. The third-order valence-corrected chi connectivity index (χ3v) is 1.66. The summed E-state index contributed by atoms with van der Waals surface area (Å²) in [5, 5.41) is 8.97. The Morgan fingerprint density at radius 2 is 1.77 bits per heavy atom. The van der Waals surface area contributed by atoms with Gasteiger partial charge in [-0.2, -0.15) is 0 Å². The maximum atomic E-state index is 8.97. The lowest BCUT2D eigenvalue weighted by Gasteiger charge is -2.20. The molecule has 0 bridgehead atoms. The van der Waals surface area contributed by atoms with Gasteiger partial charge in [-0.15, -0.1) is 0 Å². The predicted octanol–water partition coefficient (Wildman–Crippen LogP) is -0.513. The Balaban J connectivity index is 3.48. The maximum absolute atomic E-state index is 8.97. The molecule has 0 aromatic carbocycles. The zero-order valence-corrected chi connectivity index (χ0v) is 9.16. The smallest absolute Gasteiger partial charge is 0.0932 e. The van der Waals surface area contributed by atoms with Gasteiger partial charge in [0.1, 0.15) is 0 Å². The van der Waals surface area contributed by atoms with Crippen LogP contribution in [-0.2, 0) is 4.74 Å². The molecule has 0 saturated carbocycles. The summed E-state index contributed by atoms with van der Waals surface area (Å²) in [7, 11) is 7.95. The molecule has 1 unspecified atom stereocenters. The second kappa shape index (κ2) is 7.26. The van der Waals surface area contributed by atoms with Crippen molar-refractivity contribution in [2.75, 3.05) is 54.5 Å². The van der Waals surface area contributed by atoms with Crippen molar-refractivity contribution in [2.24, 2.45) is 0 Å². The average Bonchev–Trinajstić information content (AvgIpc) is 2.01. The first kappa shape index (κ1) is 12.8. The van der Waals surface area contributed by atoms with E-state index in [1.165, 1.54) is 0 Å². The van der Waals surface area contributed by atoms with Crippen LogP contribution in [0.2, 0.25) is 0 Å². The fraction of sp³-hybridized carbons (Fsp3) is 1.00. The van der Waals surface area contributed by atoms with Gasteiger partial charge >= 0.3 is 0 Å². The topological polar surface area (TPSA) is 35.9 Å². The lowest BCUT2D eigenvalue weighted by atomic mass is 10.3. The molecule has 0 rings (SSSR count). The van der Waals surface area contributed by atoms with E-state index >= 15 is 0 Å². The van der Waals surface area contributed by atoms with E-state index in [1.54, 1.807) is 0 Å². The molecule has 0 aliphatic carbocycles. The first-order chi connectivity index (χ1) is 6.06. The minimum atomic E-state index is -0.0602. The third kappa shape index (κ3) is 8.18. The van der Waals surface area contributed by atoms with Gasteiger partial charge in [0.2, 0.25) is 0 Å². The van der Waals surface area contributed by atoms with Crippen molar-refractivity contribution < 1.29 is 9.84 Å². The number of ether oxygens (including phenoxy) is 1. The van der Waals surface area contributed by atoms with Gasteiger partial charge in [-0.05, 0) is 28.2 Å². The summed E-state index contributed by atoms with van der Waals surface area (Å²) < 4.78 is 5.48. The Labute approximate surface area is 81.1 Å². The van der Waals surface area contributed by atoms with Crippen LogP contribution in [0.5, 0.6) is 0 Å². The molecule has 0 fully saturated rings. The van der Waals surface area contributed by atoms with Gasteiger partial charge < -0.3 is 19.6 Å². The lowest BCUT2D eigenvalue weighted by Crippen LogP contribution is -2.33. The molecule has 0 aliphatic heterocycles. The lowest BCUT2D eigenvalue weighted by molar-refractivity contribution is -0.00551. The molecule has 0 aliphatic rings. The van der Waals surface area contributed by atoms with Crippen molar-refractivity contribution in [2.45, 2.75) is 6.10 Å². The zero-order chi connectivity index (χ0) is 10.3. The highest BCUT2D eigenvalue weighted by molar-refractivity contribution is 4.59. The molecule has 0 aromatic heterocycles. The highest BCUT2D eigenvalue weighted by Crippen LogP contribution is 1.93. The Morgan fingerprint density at radius 3 is 2.15 bits per heavy atom. The van der Waals surface area contributed by atoms with Crippen molar-refractivity contribution in [3.63, 3.8) is 0 Å². The van der Waals surface area contributed by atoms with Crippen LogP contribution >= 0.6 is 0 Å². The number of hydrogen-bond donors (Lipinski definition) is 1. The van der Waals surface area contributed by atoms with Crippen molar-refractivity contribution in [3.8, 4) is 0 Å². The fourth-order valence-electron chi connectivity index (χ4n) is 0.972. The third-order valence-electron chi connectivity index (χ3n) is 1.66. The second-order valence-corrected chi connectivity index (χ2v) is 3.74. The Kier molecular flexibility index (Phi) is 7.17. The molecular formula is C9H22N2O2. The molecule has 4 nitrogen and oxygen atoms in total. The predicted molar refractivity (Wildman–Crippen MR) is 53.9 cm³/mol. The van der Waals surface area contributed by atoms with Crippen LogP contribution in [0, 0.1) is 0 Å². The molecule has 0 radical (unpaired) electrons. The maximum Gasteiger partial charge on any atom is 0.0932 e. The van der Waals surface area contributed by atoms with Crippen molar-refractivity contribution >= 4 is 0 Å². The molecule has 13 heavy (non-hydrogen) atoms. The van der Waals surface area contributed by atoms with Crippen LogP contribution in [-0.4, -0.2) is 75.5 Å². The van der Waals surface area contributed by atoms with E-state index in [0.717, 1.165) is 13.1 Å². The summed E-state index contributed by atoms with van der Waals surface area (Å²) in [6.45, 7) is 2.42. The van der Waals surface area contributed by atoms with Gasteiger partial charge in [0.05, 0.1) is 19.3 Å². The molecule has 0 heterocycles. The van der Waals surface area contributed by atoms with E-state index in [-0.39, 0.29) is 12.7 Å². The van der Waals surface area contributed by atoms with Gasteiger partial charge in [-0.25, -0.2) is 0 Å². The van der Waals surface area contributed by atoms with Crippen LogP contribution < -0.4 is 0 Å². The molecule has 80 valence electrons. The molecule has 1 N–H and O–H groups in total. The normalized spacial score (nSPS) is 14.1. The van der Waals surface area contributed by atoms with Crippen LogP contribution in [0.15, 0.2) is 0 Å². The van der Waals surface area contributed by atoms with E-state index < -0.39 is 0 Å². The summed E-state index contributed by atoms with van der Waals surface area (Å²) in [5.74, 6) is 0. The standard InChI is InChI=1S/C9H22N2O2/c1-10(2)5-6-13-9(8-12)7-11(3)4/h9,12H,5-8H2,1-4H3. The number of aliphatic hydroxyl groups excluding tert-OH is 1. The van der Waals surface area contributed by atoms with Gasteiger partial charge in [-0.1, -0.05) is 0 Å². The summed E-state index contributed by atoms with van der Waals surface area (Å²) in [6, 6.07) is 0. The van der Waals surface area contributed by atoms with Crippen LogP contribution in [0.4, 0.5) is 0 Å². The second-order valence-electron chi connectivity index (χ2n) is 3.74. The summed E-state index contributed by atoms with van der Waals surface area (Å²) in [6.07, 6.45) is -0.0602. The first-order valence-electron chi connectivity index (χ1n) is 4.58. The number of nitrogens with zero attached hydrogens (tertiary/aromatic N) is 2. The van der Waals surface area contributed by atoms with Crippen LogP contribution in [0.1, 0.15) is 0 Å². The minimum absolute atomic E-state index is 0.0602. The van der Waals surface area contributed by atoms with Crippen molar-refractivity contribution in [3.05, 3.63) is 0 Å². The van der Waals surface area contributed by atoms with E-state index in [4.69, 9.17) is 9.84 Å². The van der Waals surface area contributed by atoms with Crippen LogP contribution in [0.25, 0.3) is 0 Å². The number of rotatable bonds is 7. The number of aliphatic hydroxyl groups is 1. The molecule has 0 amide bonds. The van der Waals surface area contributed by atoms with E-state index in [9.17, 15) is 0 Å². The Hall–Kier alpha value is -0.160. The summed E-state index contributed by atoms with van der Waals surface area (Å²) >= 11 is 0. The zero-order valence-electron chi connectivity index (χ0n) is 9.16. The molecule has 0 saturated heterocycles. The quantitative estimate of drug-likeness (QED) is 0.586. The van der Waals surface area contributed by atoms with E-state index in [1.807, 2.05) is 33.1 Å². The van der Waals surface area contributed by atoms with Gasteiger partial charge in [0.15, 0.2) is 0 Å². The van der Waals surface area contributed by atoms with E-state index in [0.29, 0.717) is 6.61 Å². The largest absolute Gasteiger partial charge is 0.394 e. The van der Waals surface area contributed by atoms with Gasteiger partial charge in [0, 0.05) is 13.1 Å². The summed E-state index contributed by atoms with van der Waals surface area (Å²) in [5.41, 5.74) is 0. The van der Waals surface area contributed by atoms with Gasteiger partial charge in [0.25, 0.3) is 0 Å². The average molecular weight is 190 g/mol. The summed E-state index contributed by atoms with van der Waals surface area (Å²) in [4.78, 5) is 4.07. The monoisotopic (exact) mass is 190 g/mol. The van der Waals surface area contributed by atoms with Gasteiger partial charge in [-0.3, -0.25) is 0 Å². The molecular weight excluding hydrogens is 168 g/mol. The number of likely N-dealkylation sites (N-methyl/N-ethyl adjacent to an activating group) is 2.